The first-order valence-electron chi connectivity index (χ1n) is 7.27. The molecule has 8 heteroatoms. The van der Waals surface area contributed by atoms with Gasteiger partial charge in [0.05, 0.1) is 6.61 Å². The highest BCUT2D eigenvalue weighted by molar-refractivity contribution is 14.0. The molecule has 0 fully saturated rings. The van der Waals surface area contributed by atoms with Gasteiger partial charge in [-0.3, -0.25) is 4.99 Å². The van der Waals surface area contributed by atoms with Gasteiger partial charge in [0.25, 0.3) is 0 Å². The van der Waals surface area contributed by atoms with Gasteiger partial charge in [-0.2, -0.15) is 0 Å². The average molecular weight is 430 g/mol. The maximum Gasteiger partial charge on any atom is 0.407 e. The smallest absolute Gasteiger partial charge is 0.407 e. The molecule has 0 saturated carbocycles. The number of carbonyl (C=O) groups is 1. The molecule has 0 bridgehead atoms. The summed E-state index contributed by atoms with van der Waals surface area (Å²) in [4.78, 5) is 15.6. The van der Waals surface area contributed by atoms with Crippen molar-refractivity contribution in [2.75, 3.05) is 26.8 Å². The van der Waals surface area contributed by atoms with Gasteiger partial charge in [0.1, 0.15) is 5.60 Å². The van der Waals surface area contributed by atoms with E-state index in [0.717, 1.165) is 12.8 Å². The summed E-state index contributed by atoms with van der Waals surface area (Å²) < 4.78 is 10.1. The summed E-state index contributed by atoms with van der Waals surface area (Å²) in [7, 11) is 1.64. The molecule has 0 heterocycles. The number of guanidine groups is 1. The van der Waals surface area contributed by atoms with Gasteiger partial charge in [-0.05, 0) is 40.5 Å². The fourth-order valence-electron chi connectivity index (χ4n) is 1.53. The normalized spacial score (nSPS) is 13.0. The zero-order chi connectivity index (χ0) is 16.3. The van der Waals surface area contributed by atoms with Crippen LogP contribution in [0.3, 0.4) is 0 Å². The Morgan fingerprint density at radius 2 is 1.95 bits per heavy atom. The van der Waals surface area contributed by atoms with Crippen LogP contribution in [0.4, 0.5) is 4.79 Å². The molecule has 0 rings (SSSR count). The zero-order valence-electron chi connectivity index (χ0n) is 14.3. The Morgan fingerprint density at radius 1 is 1.32 bits per heavy atom. The minimum absolute atomic E-state index is 0. The lowest BCUT2D eigenvalue weighted by molar-refractivity contribution is 0.0527. The summed E-state index contributed by atoms with van der Waals surface area (Å²) in [6, 6.07) is 0.132. The second-order valence-corrected chi connectivity index (χ2v) is 5.90. The topological polar surface area (TPSA) is 98.0 Å². The number of rotatable bonds is 8. The number of methoxy groups -OCH3 is 1. The lowest BCUT2D eigenvalue weighted by Crippen LogP contribution is -2.40. The summed E-state index contributed by atoms with van der Waals surface area (Å²) in [5, 5.41) is 5.73. The second kappa shape index (κ2) is 12.7. The molecule has 0 aromatic heterocycles. The van der Waals surface area contributed by atoms with Gasteiger partial charge in [0.2, 0.25) is 0 Å². The van der Waals surface area contributed by atoms with E-state index in [9.17, 15) is 4.79 Å². The lowest BCUT2D eigenvalue weighted by atomic mass is 10.2. The largest absolute Gasteiger partial charge is 0.444 e. The molecule has 22 heavy (non-hydrogen) atoms. The first kappa shape index (κ1) is 23.5. The minimum atomic E-state index is -0.465. The summed E-state index contributed by atoms with van der Waals surface area (Å²) in [5.41, 5.74) is 5.27. The van der Waals surface area contributed by atoms with Crippen molar-refractivity contribution in [1.82, 2.24) is 10.6 Å². The van der Waals surface area contributed by atoms with E-state index in [1.54, 1.807) is 7.11 Å². The number of amides is 1. The lowest BCUT2D eigenvalue weighted by Gasteiger charge is -2.19. The van der Waals surface area contributed by atoms with Crippen LogP contribution in [-0.4, -0.2) is 50.5 Å². The Bertz CT molecular complexity index is 333. The molecule has 0 spiro atoms. The van der Waals surface area contributed by atoms with E-state index in [-0.39, 0.29) is 36.1 Å². The molecule has 0 radical (unpaired) electrons. The van der Waals surface area contributed by atoms with Crippen LogP contribution in [0.1, 0.15) is 40.5 Å². The van der Waals surface area contributed by atoms with Crippen LogP contribution in [0.2, 0.25) is 0 Å². The predicted octanol–water partition coefficient (Wildman–Crippen LogP) is 1.85. The molecule has 1 unspecified atom stereocenters. The van der Waals surface area contributed by atoms with Crippen molar-refractivity contribution >= 4 is 36.0 Å². The number of nitrogens with two attached hydrogens (primary N) is 1. The van der Waals surface area contributed by atoms with Gasteiger partial charge < -0.3 is 25.8 Å². The van der Waals surface area contributed by atoms with Gasteiger partial charge >= 0.3 is 6.09 Å². The third kappa shape index (κ3) is 15.6. The first-order valence-corrected chi connectivity index (χ1v) is 7.27. The number of nitrogens with zero attached hydrogens (tertiary/aromatic N) is 1. The maximum absolute atomic E-state index is 11.4. The van der Waals surface area contributed by atoms with Crippen LogP contribution in [0.15, 0.2) is 4.99 Å². The summed E-state index contributed by atoms with van der Waals surface area (Å²) in [5.74, 6) is 0.416. The molecule has 1 amide bonds. The van der Waals surface area contributed by atoms with Crippen molar-refractivity contribution in [1.29, 1.82) is 0 Å². The van der Waals surface area contributed by atoms with E-state index in [2.05, 4.69) is 15.6 Å². The molecule has 7 nitrogen and oxygen atoms in total. The Balaban J connectivity index is 0. The molecule has 0 saturated heterocycles. The molecular weight excluding hydrogens is 399 g/mol. The highest BCUT2D eigenvalue weighted by Crippen LogP contribution is 2.06. The number of ether oxygens (including phenoxy) is 2. The van der Waals surface area contributed by atoms with Crippen molar-refractivity contribution in [2.45, 2.75) is 52.2 Å². The number of hydrogen-bond acceptors (Lipinski definition) is 4. The van der Waals surface area contributed by atoms with Crippen LogP contribution < -0.4 is 16.4 Å². The van der Waals surface area contributed by atoms with Crippen LogP contribution in [0.25, 0.3) is 0 Å². The molecule has 0 aromatic rings. The summed E-state index contributed by atoms with van der Waals surface area (Å²) in [6.07, 6.45) is 1.28. The van der Waals surface area contributed by atoms with E-state index in [1.165, 1.54) is 0 Å². The van der Waals surface area contributed by atoms with E-state index < -0.39 is 5.60 Å². The van der Waals surface area contributed by atoms with Crippen molar-refractivity contribution < 1.29 is 14.3 Å². The third-order valence-corrected chi connectivity index (χ3v) is 2.35. The van der Waals surface area contributed by atoms with E-state index in [1.807, 2.05) is 27.7 Å². The van der Waals surface area contributed by atoms with E-state index >= 15 is 0 Å². The highest BCUT2D eigenvalue weighted by Gasteiger charge is 2.15. The number of halogens is 1. The zero-order valence-corrected chi connectivity index (χ0v) is 16.6. The molecule has 132 valence electrons. The van der Waals surface area contributed by atoms with Crippen molar-refractivity contribution in [3.63, 3.8) is 0 Å². The fourth-order valence-corrected chi connectivity index (χ4v) is 1.53. The number of hydrogen-bond donors (Lipinski definition) is 3. The molecule has 4 N–H and O–H groups in total. The van der Waals surface area contributed by atoms with Gasteiger partial charge in [0.15, 0.2) is 5.96 Å². The summed E-state index contributed by atoms with van der Waals surface area (Å²) in [6.45, 7) is 9.24. The Labute approximate surface area is 150 Å². The average Bonchev–Trinajstić information content (AvgIpc) is 2.31. The number of carbonyl (C=O) groups excluding carboxylic acids is 1. The van der Waals surface area contributed by atoms with Gasteiger partial charge in [-0.15, -0.1) is 24.0 Å². The highest BCUT2D eigenvalue weighted by atomic mass is 127. The minimum Gasteiger partial charge on any atom is -0.444 e. The fraction of sp³-hybridized carbons (Fsp3) is 0.857. The van der Waals surface area contributed by atoms with Gasteiger partial charge in [-0.25, -0.2) is 4.79 Å². The standard InChI is InChI=1S/C14H30N4O3.HI/c1-11(10-20-5)18-12(15)16-8-6-7-9-17-13(19)21-14(2,3)4;/h11H,6-10H2,1-5H3,(H,17,19)(H3,15,16,18);1H. The molecule has 0 aromatic carbocycles. The predicted molar refractivity (Wildman–Crippen MR) is 99.8 cm³/mol. The molecule has 0 aliphatic heterocycles. The van der Waals surface area contributed by atoms with Gasteiger partial charge in [-0.1, -0.05) is 0 Å². The molecule has 1 atom stereocenters. The second-order valence-electron chi connectivity index (χ2n) is 5.90. The van der Waals surface area contributed by atoms with Crippen LogP contribution in [-0.2, 0) is 9.47 Å². The Hall–Kier alpha value is -0.770. The van der Waals surface area contributed by atoms with E-state index in [4.69, 9.17) is 15.2 Å². The number of nitrogens with one attached hydrogen (secondary N) is 2. The van der Waals surface area contributed by atoms with Gasteiger partial charge in [0, 0.05) is 26.2 Å². The molecular formula is C14H31IN4O3. The quantitative estimate of drug-likeness (QED) is 0.236. The van der Waals surface area contributed by atoms with Crippen LogP contribution >= 0.6 is 24.0 Å². The maximum atomic E-state index is 11.4. The molecule has 0 aliphatic rings. The first-order chi connectivity index (χ1) is 9.74. The van der Waals surface area contributed by atoms with Crippen molar-refractivity contribution in [3.8, 4) is 0 Å². The number of unbranched alkanes of at least 4 members (excludes halogenated alkanes) is 1. The number of aliphatic imine (C=N–C) groups is 1. The number of alkyl carbamates (subject to hydrolysis) is 1. The molecule has 0 aliphatic carbocycles. The summed E-state index contributed by atoms with van der Waals surface area (Å²) >= 11 is 0. The van der Waals surface area contributed by atoms with Crippen molar-refractivity contribution in [3.05, 3.63) is 0 Å². The van der Waals surface area contributed by atoms with Crippen LogP contribution in [0, 0.1) is 0 Å². The third-order valence-electron chi connectivity index (χ3n) is 2.35. The monoisotopic (exact) mass is 430 g/mol. The van der Waals surface area contributed by atoms with Crippen molar-refractivity contribution in [2.24, 2.45) is 10.7 Å². The Morgan fingerprint density at radius 3 is 2.50 bits per heavy atom. The van der Waals surface area contributed by atoms with Crippen LogP contribution in [0.5, 0.6) is 0 Å². The SMILES string of the molecule is COCC(C)NC(N)=NCCCCNC(=O)OC(C)(C)C.I. The Kier molecular flexibility index (Phi) is 13.6. The van der Waals surface area contributed by atoms with E-state index in [0.29, 0.717) is 25.7 Å².